The van der Waals surface area contributed by atoms with Crippen LogP contribution in [0.5, 0.6) is 5.75 Å². The molecule has 5 rings (SSSR count). The number of esters is 1. The molecular formula is C32H31N3O8S. The first-order valence-electron chi connectivity index (χ1n) is 13.9. The molecule has 0 bridgehead atoms. The number of allylic oxidation sites excluding steroid dienone is 1. The van der Waals surface area contributed by atoms with Gasteiger partial charge in [-0.05, 0) is 57.5 Å². The first-order valence-corrected chi connectivity index (χ1v) is 14.7. The second-order valence-electron chi connectivity index (χ2n) is 10.4. The highest BCUT2D eigenvalue weighted by molar-refractivity contribution is 7.07. The average molecular weight is 618 g/mol. The third-order valence-electron chi connectivity index (χ3n) is 6.92. The van der Waals surface area contributed by atoms with Crippen molar-refractivity contribution in [1.29, 1.82) is 0 Å². The molecule has 0 amide bonds. The summed E-state index contributed by atoms with van der Waals surface area (Å²) in [5, 5.41) is 11.1. The molecule has 11 nitrogen and oxygen atoms in total. The van der Waals surface area contributed by atoms with Crippen molar-refractivity contribution in [1.82, 2.24) is 4.57 Å². The van der Waals surface area contributed by atoms with Gasteiger partial charge in [0.2, 0.25) is 0 Å². The van der Waals surface area contributed by atoms with E-state index in [-0.39, 0.29) is 36.1 Å². The molecule has 4 aromatic rings. The number of nitrogens with zero attached hydrogens (tertiary/aromatic N) is 3. The molecule has 0 unspecified atom stereocenters. The zero-order chi connectivity index (χ0) is 31.5. The first kappa shape index (κ1) is 30.6. The van der Waals surface area contributed by atoms with Crippen LogP contribution in [-0.2, 0) is 14.3 Å². The Labute approximate surface area is 256 Å². The number of furan rings is 1. The number of aromatic nitrogens is 1. The smallest absolute Gasteiger partial charge is 0.338 e. The van der Waals surface area contributed by atoms with Crippen molar-refractivity contribution in [2.24, 2.45) is 4.99 Å². The van der Waals surface area contributed by atoms with Crippen molar-refractivity contribution in [3.05, 3.63) is 113 Å². The number of para-hydroxylation sites is 1. The fourth-order valence-corrected chi connectivity index (χ4v) is 6.01. The lowest BCUT2D eigenvalue weighted by Crippen LogP contribution is -2.40. The minimum absolute atomic E-state index is 0.00805. The molecule has 1 aliphatic heterocycles. The van der Waals surface area contributed by atoms with E-state index in [1.54, 1.807) is 44.2 Å². The fourth-order valence-electron chi connectivity index (χ4n) is 4.98. The summed E-state index contributed by atoms with van der Waals surface area (Å²) in [6, 6.07) is 14.4. The van der Waals surface area contributed by atoms with E-state index < -0.39 is 16.9 Å². The van der Waals surface area contributed by atoms with Crippen LogP contribution in [0.25, 0.3) is 17.4 Å². The lowest BCUT2D eigenvalue weighted by Gasteiger charge is -2.27. The van der Waals surface area contributed by atoms with Gasteiger partial charge in [0.15, 0.2) is 4.80 Å². The highest BCUT2D eigenvalue weighted by Crippen LogP contribution is 2.36. The summed E-state index contributed by atoms with van der Waals surface area (Å²) < 4.78 is 24.5. The minimum Gasteiger partial charge on any atom is -0.491 e. The maximum absolute atomic E-state index is 14.0. The highest BCUT2D eigenvalue weighted by atomic mass is 32.1. The zero-order valence-corrected chi connectivity index (χ0v) is 25.7. The Morgan fingerprint density at radius 3 is 2.64 bits per heavy atom. The summed E-state index contributed by atoms with van der Waals surface area (Å²) in [4.78, 5) is 43.2. The lowest BCUT2D eigenvalue weighted by molar-refractivity contribution is -0.384. The van der Waals surface area contributed by atoms with Crippen LogP contribution in [0.1, 0.15) is 43.7 Å². The molecule has 0 fully saturated rings. The van der Waals surface area contributed by atoms with Crippen LogP contribution >= 0.6 is 11.3 Å². The van der Waals surface area contributed by atoms with E-state index in [1.165, 1.54) is 35.1 Å². The number of benzene rings is 2. The Hall–Kier alpha value is -4.81. The van der Waals surface area contributed by atoms with Crippen molar-refractivity contribution in [2.45, 2.75) is 39.8 Å². The molecule has 2 aromatic heterocycles. The Balaban J connectivity index is 1.61. The minimum atomic E-state index is -0.853. The second-order valence-corrected chi connectivity index (χ2v) is 11.4. The van der Waals surface area contributed by atoms with Crippen LogP contribution in [0.4, 0.5) is 5.69 Å². The number of rotatable bonds is 10. The number of nitro benzene ring substituents is 1. The number of carbonyl (C=O) groups is 1. The van der Waals surface area contributed by atoms with E-state index in [4.69, 9.17) is 18.6 Å². The molecule has 0 N–H and O–H groups in total. The number of aryl methyl sites for hydroxylation is 1. The molecule has 0 spiro atoms. The van der Waals surface area contributed by atoms with Crippen LogP contribution in [0.2, 0.25) is 0 Å². The van der Waals surface area contributed by atoms with E-state index in [9.17, 15) is 19.7 Å². The number of methoxy groups -OCH3 is 1. The predicted octanol–water partition coefficient (Wildman–Crippen LogP) is 4.69. The fraction of sp³-hybridized carbons (Fsp3) is 0.281. The largest absolute Gasteiger partial charge is 0.491 e. The third-order valence-corrected chi connectivity index (χ3v) is 7.91. The maximum atomic E-state index is 14.0. The number of hydrogen-bond donors (Lipinski definition) is 0. The van der Waals surface area contributed by atoms with Crippen LogP contribution < -0.4 is 19.6 Å². The molecule has 3 heterocycles. The number of ether oxygens (including phenoxy) is 3. The van der Waals surface area contributed by atoms with Gasteiger partial charge in [0.1, 0.15) is 29.9 Å². The zero-order valence-electron chi connectivity index (χ0n) is 24.9. The lowest BCUT2D eigenvalue weighted by atomic mass is 9.95. The molecule has 2 aromatic carbocycles. The van der Waals surface area contributed by atoms with Crippen LogP contribution in [0.15, 0.2) is 80.1 Å². The van der Waals surface area contributed by atoms with Gasteiger partial charge in [0.25, 0.3) is 11.2 Å². The Morgan fingerprint density at radius 2 is 1.93 bits per heavy atom. The molecule has 0 aliphatic carbocycles. The van der Waals surface area contributed by atoms with Gasteiger partial charge in [0.05, 0.1) is 33.4 Å². The molecule has 228 valence electrons. The van der Waals surface area contributed by atoms with E-state index in [2.05, 4.69) is 4.99 Å². The number of non-ortho nitro benzene ring substituents is 1. The van der Waals surface area contributed by atoms with Gasteiger partial charge < -0.3 is 18.6 Å². The quantitative estimate of drug-likeness (QED) is 0.108. The monoisotopic (exact) mass is 617 g/mol. The second kappa shape index (κ2) is 12.8. The van der Waals surface area contributed by atoms with Crippen LogP contribution in [0.3, 0.4) is 0 Å². The number of hydrogen-bond acceptors (Lipinski definition) is 10. The molecule has 1 aliphatic rings. The highest BCUT2D eigenvalue weighted by Gasteiger charge is 2.35. The number of nitro groups is 1. The van der Waals surface area contributed by atoms with E-state index in [0.717, 1.165) is 0 Å². The first-order chi connectivity index (χ1) is 21.1. The molecule has 12 heteroatoms. The summed E-state index contributed by atoms with van der Waals surface area (Å²) in [5.74, 6) is 0.855. The van der Waals surface area contributed by atoms with Crippen LogP contribution in [-0.4, -0.2) is 41.9 Å². The van der Waals surface area contributed by atoms with Gasteiger partial charge in [-0.2, -0.15) is 0 Å². The van der Waals surface area contributed by atoms with E-state index in [0.29, 0.717) is 49.0 Å². The van der Waals surface area contributed by atoms with E-state index in [1.807, 2.05) is 32.0 Å². The average Bonchev–Trinajstić information content (AvgIpc) is 3.56. The SMILES string of the molecule is COCCOC(=O)C1=C(C)N=c2s/c(=C/c3ccc(-c4ccc([N+](=O)[O-])cc4C)o3)c(=O)n2[C@H]1c1ccccc1OC(C)C. The summed E-state index contributed by atoms with van der Waals surface area (Å²) in [5.41, 5.74) is 2.29. The standard InChI is InChI=1S/C32H31N3O8S/c1-18(2)42-25-9-7-6-8-24(25)29-28(31(37)41-15-14-40-5)20(4)33-32-34(29)30(36)27(44-32)17-22-11-13-26(43-22)23-12-10-21(35(38)39)16-19(23)3/h6-13,16-18,29H,14-15H2,1-5H3/b27-17+/t29-/m0/s1. The number of fused-ring (bicyclic) bond motifs is 1. The van der Waals surface area contributed by atoms with E-state index >= 15 is 0 Å². The Kier molecular flexibility index (Phi) is 8.93. The van der Waals surface area contributed by atoms with Gasteiger partial charge in [0, 0.05) is 36.4 Å². The molecular weight excluding hydrogens is 586 g/mol. The normalized spacial score (nSPS) is 14.9. The topological polar surface area (TPSA) is 135 Å². The summed E-state index contributed by atoms with van der Waals surface area (Å²) in [6.45, 7) is 7.55. The molecule has 0 saturated carbocycles. The van der Waals surface area contributed by atoms with Crippen molar-refractivity contribution in [2.75, 3.05) is 20.3 Å². The molecule has 44 heavy (non-hydrogen) atoms. The summed E-state index contributed by atoms with van der Waals surface area (Å²) in [6.07, 6.45) is 1.47. The van der Waals surface area contributed by atoms with Crippen LogP contribution in [0, 0.1) is 17.0 Å². The van der Waals surface area contributed by atoms with Crippen molar-refractivity contribution < 1.29 is 28.3 Å². The molecule has 0 saturated heterocycles. The molecule has 1 atom stereocenters. The van der Waals surface area contributed by atoms with Gasteiger partial charge in [-0.3, -0.25) is 19.5 Å². The van der Waals surface area contributed by atoms with Gasteiger partial charge >= 0.3 is 5.97 Å². The third kappa shape index (κ3) is 6.12. The van der Waals surface area contributed by atoms with Crippen molar-refractivity contribution in [3.63, 3.8) is 0 Å². The predicted molar refractivity (Wildman–Crippen MR) is 164 cm³/mol. The van der Waals surface area contributed by atoms with Gasteiger partial charge in [-0.15, -0.1) is 0 Å². The van der Waals surface area contributed by atoms with Crippen molar-refractivity contribution in [3.8, 4) is 17.1 Å². The maximum Gasteiger partial charge on any atom is 0.338 e. The summed E-state index contributed by atoms with van der Waals surface area (Å²) in [7, 11) is 1.51. The summed E-state index contributed by atoms with van der Waals surface area (Å²) >= 11 is 1.17. The Morgan fingerprint density at radius 1 is 1.16 bits per heavy atom. The molecule has 0 radical (unpaired) electrons. The number of carbonyl (C=O) groups excluding carboxylic acids is 1. The van der Waals surface area contributed by atoms with Gasteiger partial charge in [-0.25, -0.2) is 9.79 Å². The van der Waals surface area contributed by atoms with Crippen molar-refractivity contribution >= 4 is 29.1 Å². The Bertz CT molecular complexity index is 1950. The number of thiazole rings is 1. The van der Waals surface area contributed by atoms with Gasteiger partial charge in [-0.1, -0.05) is 29.5 Å².